The maximum absolute atomic E-state index is 6.33. The average Bonchev–Trinajstić information content (AvgIpc) is 2.83. The quantitative estimate of drug-likeness (QED) is 0.746. The van der Waals surface area contributed by atoms with E-state index in [4.69, 9.17) is 10.2 Å². The van der Waals surface area contributed by atoms with Gasteiger partial charge in [0.05, 0.1) is 12.3 Å². The fourth-order valence-electron chi connectivity index (χ4n) is 2.27. The molecule has 0 amide bonds. The Kier molecular flexibility index (Phi) is 2.61. The second-order valence-corrected chi connectivity index (χ2v) is 4.36. The first-order chi connectivity index (χ1) is 8.77. The molecule has 18 heavy (non-hydrogen) atoms. The van der Waals surface area contributed by atoms with Crippen LogP contribution in [0.1, 0.15) is 22.9 Å². The highest BCUT2D eigenvalue weighted by Gasteiger charge is 2.16. The van der Waals surface area contributed by atoms with Crippen LogP contribution in [0.4, 0.5) is 0 Å². The molecular formula is C15H14N2O. The molecular weight excluding hydrogens is 224 g/mol. The minimum absolute atomic E-state index is 0.206. The van der Waals surface area contributed by atoms with Crippen LogP contribution < -0.4 is 5.73 Å². The number of rotatable bonds is 2. The molecule has 2 heterocycles. The fourth-order valence-corrected chi connectivity index (χ4v) is 2.27. The molecule has 0 aliphatic heterocycles. The Labute approximate surface area is 105 Å². The summed E-state index contributed by atoms with van der Waals surface area (Å²) in [4.78, 5) is 4.26. The van der Waals surface area contributed by atoms with Crippen LogP contribution in [0.5, 0.6) is 0 Å². The van der Waals surface area contributed by atoms with Crippen molar-refractivity contribution >= 4 is 10.8 Å². The summed E-state index contributed by atoms with van der Waals surface area (Å²) in [6.07, 6.45) is 5.36. The van der Waals surface area contributed by atoms with Gasteiger partial charge in [-0.15, -0.1) is 0 Å². The third-order valence-corrected chi connectivity index (χ3v) is 3.27. The molecule has 3 rings (SSSR count). The number of pyridine rings is 1. The number of nitrogens with zero attached hydrogens (tertiary/aromatic N) is 1. The number of aryl methyl sites for hydroxylation is 1. The fraction of sp³-hybridized carbons (Fsp3) is 0.133. The molecule has 0 spiro atoms. The smallest absolute Gasteiger partial charge is 0.105 e. The Hall–Kier alpha value is -2.13. The van der Waals surface area contributed by atoms with Crippen LogP contribution in [-0.2, 0) is 0 Å². The Balaban J connectivity index is 2.18. The molecule has 0 fully saturated rings. The Morgan fingerprint density at radius 2 is 1.94 bits per heavy atom. The van der Waals surface area contributed by atoms with E-state index in [0.717, 1.165) is 27.7 Å². The van der Waals surface area contributed by atoms with E-state index in [2.05, 4.69) is 11.1 Å². The van der Waals surface area contributed by atoms with Gasteiger partial charge >= 0.3 is 0 Å². The van der Waals surface area contributed by atoms with Gasteiger partial charge in [0, 0.05) is 23.3 Å². The molecule has 3 heteroatoms. The first-order valence-electron chi connectivity index (χ1n) is 5.89. The van der Waals surface area contributed by atoms with E-state index in [1.165, 1.54) is 0 Å². The van der Waals surface area contributed by atoms with Gasteiger partial charge < -0.3 is 10.2 Å². The van der Waals surface area contributed by atoms with Crippen molar-refractivity contribution in [1.29, 1.82) is 0 Å². The third-order valence-electron chi connectivity index (χ3n) is 3.27. The Morgan fingerprint density at radius 1 is 1.11 bits per heavy atom. The van der Waals surface area contributed by atoms with Gasteiger partial charge in [-0.25, -0.2) is 0 Å². The molecule has 1 unspecified atom stereocenters. The summed E-state index contributed by atoms with van der Waals surface area (Å²) in [7, 11) is 0. The third kappa shape index (κ3) is 1.69. The number of fused-ring (bicyclic) bond motifs is 1. The number of furan rings is 1. The first-order valence-corrected chi connectivity index (χ1v) is 5.89. The lowest BCUT2D eigenvalue weighted by Crippen LogP contribution is -2.12. The van der Waals surface area contributed by atoms with Crippen molar-refractivity contribution in [3.63, 3.8) is 0 Å². The van der Waals surface area contributed by atoms with Crippen molar-refractivity contribution in [2.75, 3.05) is 0 Å². The molecule has 0 aliphatic rings. The zero-order valence-corrected chi connectivity index (χ0v) is 10.1. The summed E-state index contributed by atoms with van der Waals surface area (Å²) in [5.74, 6) is 0.857. The van der Waals surface area contributed by atoms with Crippen molar-refractivity contribution in [2.45, 2.75) is 13.0 Å². The van der Waals surface area contributed by atoms with Crippen LogP contribution in [-0.4, -0.2) is 4.98 Å². The van der Waals surface area contributed by atoms with Crippen LogP contribution in [0.15, 0.2) is 53.4 Å². The number of nitrogens with two attached hydrogens (primary N) is 1. The number of hydrogen-bond donors (Lipinski definition) is 1. The summed E-state index contributed by atoms with van der Waals surface area (Å²) in [6.45, 7) is 1.92. The normalized spacial score (nSPS) is 12.8. The molecule has 0 radical (unpaired) electrons. The summed E-state index contributed by atoms with van der Waals surface area (Å²) in [5, 5.41) is 2.24. The number of hydrogen-bond acceptors (Lipinski definition) is 3. The van der Waals surface area contributed by atoms with Crippen LogP contribution in [0, 0.1) is 6.92 Å². The molecule has 2 N–H and O–H groups in total. The van der Waals surface area contributed by atoms with Gasteiger partial charge in [-0.3, -0.25) is 4.98 Å². The van der Waals surface area contributed by atoms with E-state index in [0.29, 0.717) is 0 Å². The minimum atomic E-state index is -0.206. The monoisotopic (exact) mass is 238 g/mol. The second-order valence-electron chi connectivity index (χ2n) is 4.36. The second kappa shape index (κ2) is 4.27. The molecule has 0 saturated heterocycles. The molecule has 1 aromatic carbocycles. The lowest BCUT2D eigenvalue weighted by molar-refractivity contribution is 0.527. The predicted molar refractivity (Wildman–Crippen MR) is 71.2 cm³/mol. The lowest BCUT2D eigenvalue weighted by Gasteiger charge is -2.13. The molecule has 3 nitrogen and oxygen atoms in total. The lowest BCUT2D eigenvalue weighted by atomic mass is 9.97. The molecule has 3 aromatic rings. The topological polar surface area (TPSA) is 52.0 Å². The van der Waals surface area contributed by atoms with E-state index in [1.807, 2.05) is 43.6 Å². The highest BCUT2D eigenvalue weighted by Crippen LogP contribution is 2.28. The van der Waals surface area contributed by atoms with Gasteiger partial charge in [0.25, 0.3) is 0 Å². The van der Waals surface area contributed by atoms with Crippen LogP contribution in [0.2, 0.25) is 0 Å². The van der Waals surface area contributed by atoms with Gasteiger partial charge in [-0.1, -0.05) is 24.3 Å². The Morgan fingerprint density at radius 3 is 2.72 bits per heavy atom. The summed E-state index contributed by atoms with van der Waals surface area (Å²) < 4.78 is 5.32. The average molecular weight is 238 g/mol. The van der Waals surface area contributed by atoms with Gasteiger partial charge in [-0.05, 0) is 23.9 Å². The summed E-state index contributed by atoms with van der Waals surface area (Å²) in [5.41, 5.74) is 8.36. The molecule has 1 atom stereocenters. The van der Waals surface area contributed by atoms with E-state index >= 15 is 0 Å². The maximum atomic E-state index is 6.33. The Bertz CT molecular complexity index is 682. The van der Waals surface area contributed by atoms with Crippen LogP contribution >= 0.6 is 0 Å². The van der Waals surface area contributed by atoms with Gasteiger partial charge in [-0.2, -0.15) is 0 Å². The van der Waals surface area contributed by atoms with E-state index < -0.39 is 0 Å². The summed E-state index contributed by atoms with van der Waals surface area (Å²) >= 11 is 0. The molecule has 2 aromatic heterocycles. The highest BCUT2D eigenvalue weighted by molar-refractivity contribution is 5.85. The highest BCUT2D eigenvalue weighted by atomic mass is 16.3. The minimum Gasteiger partial charge on any atom is -0.469 e. The van der Waals surface area contributed by atoms with E-state index in [1.54, 1.807) is 6.26 Å². The van der Waals surface area contributed by atoms with Crippen LogP contribution in [0.25, 0.3) is 10.8 Å². The van der Waals surface area contributed by atoms with Gasteiger partial charge in [0.2, 0.25) is 0 Å². The van der Waals surface area contributed by atoms with Gasteiger partial charge in [0.15, 0.2) is 0 Å². The van der Waals surface area contributed by atoms with E-state index in [-0.39, 0.29) is 6.04 Å². The van der Waals surface area contributed by atoms with Crippen molar-refractivity contribution in [2.24, 2.45) is 5.73 Å². The largest absolute Gasteiger partial charge is 0.469 e. The molecule has 0 aliphatic carbocycles. The summed E-state index contributed by atoms with van der Waals surface area (Å²) in [6, 6.07) is 9.84. The van der Waals surface area contributed by atoms with E-state index in [9.17, 15) is 0 Å². The maximum Gasteiger partial charge on any atom is 0.105 e. The SMILES string of the molecule is Cc1occc1C(N)c1cncc2ccccc12. The predicted octanol–water partition coefficient (Wildman–Crippen LogP) is 3.18. The van der Waals surface area contributed by atoms with Crippen molar-refractivity contribution < 1.29 is 4.42 Å². The van der Waals surface area contributed by atoms with Crippen molar-refractivity contribution in [1.82, 2.24) is 4.98 Å². The van der Waals surface area contributed by atoms with Crippen molar-refractivity contribution in [3.05, 3.63) is 65.9 Å². The number of benzene rings is 1. The standard InChI is InChI=1S/C15H14N2O/c1-10-12(6-7-18-10)15(16)14-9-17-8-11-4-2-3-5-13(11)14/h2-9,15H,16H2,1H3. The van der Waals surface area contributed by atoms with Crippen molar-refractivity contribution in [3.8, 4) is 0 Å². The zero-order valence-electron chi connectivity index (χ0n) is 10.1. The molecule has 90 valence electrons. The number of aromatic nitrogens is 1. The van der Waals surface area contributed by atoms with Gasteiger partial charge in [0.1, 0.15) is 5.76 Å². The van der Waals surface area contributed by atoms with Crippen LogP contribution in [0.3, 0.4) is 0 Å². The first kappa shape index (κ1) is 11.0. The zero-order chi connectivity index (χ0) is 12.5. The molecule has 0 bridgehead atoms. The molecule has 0 saturated carbocycles.